The Kier molecular flexibility index (Phi) is 6.42. The standard InChI is InChI=1S/C24H36FN7/c1-32-22(12-15-2-3-15)20(13-28-32)23-21(25)14-27-24(31-23)30-19-10-8-18(9-11-19)29-17-6-4-16(26)5-7-17/h13-19,29H,2-12,26H2,1H3,(H,27,30,31). The molecule has 5 rings (SSSR count). The smallest absolute Gasteiger partial charge is 0.223 e. The van der Waals surface area contributed by atoms with Crippen molar-refractivity contribution in [3.05, 3.63) is 23.9 Å². The quantitative estimate of drug-likeness (QED) is 0.608. The number of hydrogen-bond donors (Lipinski definition) is 3. The maximum Gasteiger partial charge on any atom is 0.223 e. The summed E-state index contributed by atoms with van der Waals surface area (Å²) in [5.41, 5.74) is 8.25. The van der Waals surface area contributed by atoms with Crippen molar-refractivity contribution in [3.8, 4) is 11.3 Å². The lowest BCUT2D eigenvalue weighted by Gasteiger charge is -2.35. The largest absolute Gasteiger partial charge is 0.351 e. The highest BCUT2D eigenvalue weighted by atomic mass is 19.1. The van der Waals surface area contributed by atoms with E-state index in [1.165, 1.54) is 31.9 Å². The van der Waals surface area contributed by atoms with Gasteiger partial charge in [-0.05, 0) is 76.5 Å². The summed E-state index contributed by atoms with van der Waals surface area (Å²) in [6, 6.07) is 1.92. The van der Waals surface area contributed by atoms with Gasteiger partial charge in [-0.3, -0.25) is 4.68 Å². The molecule has 2 heterocycles. The molecule has 8 heteroatoms. The van der Waals surface area contributed by atoms with Crippen molar-refractivity contribution in [1.82, 2.24) is 25.1 Å². The van der Waals surface area contributed by atoms with E-state index in [0.29, 0.717) is 41.7 Å². The van der Waals surface area contributed by atoms with Crippen LogP contribution in [0.2, 0.25) is 0 Å². The zero-order valence-electron chi connectivity index (χ0n) is 19.1. The van der Waals surface area contributed by atoms with Crippen LogP contribution in [0.5, 0.6) is 0 Å². The Hall–Kier alpha value is -2.06. The van der Waals surface area contributed by atoms with E-state index in [1.807, 2.05) is 11.7 Å². The molecule has 3 aliphatic rings. The van der Waals surface area contributed by atoms with Crippen LogP contribution in [0.1, 0.15) is 69.9 Å². The third-order valence-corrected chi connectivity index (χ3v) is 7.54. The predicted molar refractivity (Wildman–Crippen MR) is 124 cm³/mol. The second kappa shape index (κ2) is 9.43. The molecule has 3 saturated carbocycles. The molecule has 0 spiro atoms. The summed E-state index contributed by atoms with van der Waals surface area (Å²) >= 11 is 0. The second-order valence-corrected chi connectivity index (χ2v) is 10.1. The van der Waals surface area contributed by atoms with Crippen LogP contribution in [-0.4, -0.2) is 43.9 Å². The van der Waals surface area contributed by atoms with Crippen molar-refractivity contribution in [1.29, 1.82) is 0 Å². The average Bonchev–Trinajstić information content (AvgIpc) is 3.55. The molecule has 4 N–H and O–H groups in total. The van der Waals surface area contributed by atoms with Crippen LogP contribution in [0.4, 0.5) is 10.3 Å². The first-order valence-electron chi connectivity index (χ1n) is 12.4. The Morgan fingerprint density at radius 2 is 1.62 bits per heavy atom. The number of aromatic nitrogens is 4. The number of anilines is 1. The first-order chi connectivity index (χ1) is 15.5. The number of hydrogen-bond acceptors (Lipinski definition) is 6. The van der Waals surface area contributed by atoms with Gasteiger partial charge in [0.15, 0.2) is 5.82 Å². The summed E-state index contributed by atoms with van der Waals surface area (Å²) in [7, 11) is 1.92. The molecule has 0 aromatic carbocycles. The fourth-order valence-electron chi connectivity index (χ4n) is 5.33. The molecule has 2 aromatic rings. The molecule has 0 amide bonds. The number of nitrogens with zero attached hydrogens (tertiary/aromatic N) is 4. The SMILES string of the molecule is Cn1ncc(-c2nc(NC3CCC(NC4CCC(N)CC4)CC3)ncc2F)c1CC1CC1. The summed E-state index contributed by atoms with van der Waals surface area (Å²) in [6.07, 6.45) is 15.5. The lowest BCUT2D eigenvalue weighted by atomic mass is 9.87. The molecule has 3 fully saturated rings. The van der Waals surface area contributed by atoms with Gasteiger partial charge in [0, 0.05) is 42.5 Å². The van der Waals surface area contributed by atoms with E-state index < -0.39 is 0 Å². The van der Waals surface area contributed by atoms with Crippen LogP contribution in [0.3, 0.4) is 0 Å². The Morgan fingerprint density at radius 1 is 0.969 bits per heavy atom. The van der Waals surface area contributed by atoms with Gasteiger partial charge in [0.05, 0.1) is 12.4 Å². The molecule has 3 aliphatic carbocycles. The van der Waals surface area contributed by atoms with E-state index in [9.17, 15) is 4.39 Å². The molecule has 0 bridgehead atoms. The second-order valence-electron chi connectivity index (χ2n) is 10.1. The van der Waals surface area contributed by atoms with Gasteiger partial charge >= 0.3 is 0 Å². The first-order valence-corrected chi connectivity index (χ1v) is 12.4. The number of aryl methyl sites for hydroxylation is 1. The van der Waals surface area contributed by atoms with Gasteiger partial charge in [0.25, 0.3) is 0 Å². The maximum atomic E-state index is 14.7. The Bertz CT molecular complexity index is 909. The minimum absolute atomic E-state index is 0.325. The number of halogens is 1. The van der Waals surface area contributed by atoms with E-state index >= 15 is 0 Å². The van der Waals surface area contributed by atoms with Gasteiger partial charge < -0.3 is 16.4 Å². The van der Waals surface area contributed by atoms with Gasteiger partial charge in [-0.2, -0.15) is 5.10 Å². The Morgan fingerprint density at radius 3 is 2.31 bits per heavy atom. The highest BCUT2D eigenvalue weighted by molar-refractivity contribution is 5.63. The zero-order chi connectivity index (χ0) is 22.1. The van der Waals surface area contributed by atoms with Crippen LogP contribution < -0.4 is 16.4 Å². The van der Waals surface area contributed by atoms with E-state index in [1.54, 1.807) is 6.20 Å². The monoisotopic (exact) mass is 441 g/mol. The van der Waals surface area contributed by atoms with Crippen molar-refractivity contribution >= 4 is 5.95 Å². The fraction of sp³-hybridized carbons (Fsp3) is 0.708. The molecule has 0 unspecified atom stereocenters. The highest BCUT2D eigenvalue weighted by Crippen LogP contribution is 2.36. The van der Waals surface area contributed by atoms with Gasteiger partial charge in [0.1, 0.15) is 5.69 Å². The molecular weight excluding hydrogens is 405 g/mol. The minimum atomic E-state index is -0.388. The van der Waals surface area contributed by atoms with Gasteiger partial charge in [-0.15, -0.1) is 0 Å². The van der Waals surface area contributed by atoms with Gasteiger partial charge in [-0.1, -0.05) is 0 Å². The molecule has 174 valence electrons. The molecule has 7 nitrogen and oxygen atoms in total. The third kappa shape index (κ3) is 5.12. The van der Waals surface area contributed by atoms with E-state index in [2.05, 4.69) is 25.7 Å². The predicted octanol–water partition coefficient (Wildman–Crippen LogP) is 3.55. The maximum absolute atomic E-state index is 14.7. The Balaban J connectivity index is 1.19. The van der Waals surface area contributed by atoms with Crippen LogP contribution >= 0.6 is 0 Å². The molecule has 32 heavy (non-hydrogen) atoms. The van der Waals surface area contributed by atoms with Gasteiger partial charge in [-0.25, -0.2) is 14.4 Å². The molecule has 0 atom stereocenters. The topological polar surface area (TPSA) is 93.7 Å². The average molecular weight is 442 g/mol. The molecular formula is C24H36FN7. The first kappa shape index (κ1) is 21.8. The lowest BCUT2D eigenvalue weighted by molar-refractivity contribution is 0.272. The molecule has 0 radical (unpaired) electrons. The van der Waals surface area contributed by atoms with Crippen molar-refractivity contribution in [2.45, 2.75) is 94.8 Å². The zero-order valence-corrected chi connectivity index (χ0v) is 19.1. The van der Waals surface area contributed by atoms with E-state index in [0.717, 1.165) is 56.2 Å². The van der Waals surface area contributed by atoms with Crippen LogP contribution in [0.25, 0.3) is 11.3 Å². The van der Waals surface area contributed by atoms with Crippen LogP contribution in [0.15, 0.2) is 12.4 Å². The van der Waals surface area contributed by atoms with E-state index in [-0.39, 0.29) is 5.82 Å². The van der Waals surface area contributed by atoms with Gasteiger partial charge in [0.2, 0.25) is 5.95 Å². The van der Waals surface area contributed by atoms with E-state index in [4.69, 9.17) is 5.73 Å². The Labute approximate surface area is 189 Å². The van der Waals surface area contributed by atoms with Crippen molar-refractivity contribution in [2.75, 3.05) is 5.32 Å². The molecule has 0 aliphatic heterocycles. The summed E-state index contributed by atoms with van der Waals surface area (Å²) in [6.45, 7) is 0. The summed E-state index contributed by atoms with van der Waals surface area (Å²) in [5.74, 6) is 0.821. The normalized spacial score (nSPS) is 28.6. The fourth-order valence-corrected chi connectivity index (χ4v) is 5.33. The van der Waals surface area contributed by atoms with Crippen LogP contribution in [-0.2, 0) is 13.5 Å². The summed E-state index contributed by atoms with van der Waals surface area (Å²) in [5, 5.41) is 11.7. The summed E-state index contributed by atoms with van der Waals surface area (Å²) < 4.78 is 16.5. The molecule has 0 saturated heterocycles. The number of rotatable bonds is 7. The number of nitrogens with two attached hydrogens (primary N) is 1. The lowest BCUT2D eigenvalue weighted by Crippen LogP contribution is -2.45. The van der Waals surface area contributed by atoms with Crippen molar-refractivity contribution in [3.63, 3.8) is 0 Å². The summed E-state index contributed by atoms with van der Waals surface area (Å²) in [4.78, 5) is 8.82. The minimum Gasteiger partial charge on any atom is -0.351 e. The number of nitrogens with one attached hydrogen (secondary N) is 2. The van der Waals surface area contributed by atoms with Crippen molar-refractivity contribution < 1.29 is 4.39 Å². The van der Waals surface area contributed by atoms with Crippen LogP contribution in [0, 0.1) is 11.7 Å². The molecule has 2 aromatic heterocycles. The third-order valence-electron chi connectivity index (χ3n) is 7.54. The highest BCUT2D eigenvalue weighted by Gasteiger charge is 2.28. The van der Waals surface area contributed by atoms with Crippen molar-refractivity contribution in [2.24, 2.45) is 18.7 Å².